The molecule has 2 atom stereocenters. The van der Waals surface area contributed by atoms with Gasteiger partial charge in [-0.25, -0.2) is 0 Å². The van der Waals surface area contributed by atoms with E-state index < -0.39 is 10.8 Å². The van der Waals surface area contributed by atoms with E-state index in [1.54, 1.807) is 11.3 Å². The van der Waals surface area contributed by atoms with Gasteiger partial charge < -0.3 is 5.32 Å². The lowest BCUT2D eigenvalue weighted by Crippen LogP contribution is -2.38. The monoisotopic (exact) mass is 402 g/mol. The molecule has 1 aliphatic carbocycles. The number of amides is 1. The summed E-state index contributed by atoms with van der Waals surface area (Å²) in [6.07, 6.45) is 0.976. The molecule has 0 bridgehead atoms. The van der Waals surface area contributed by atoms with Crippen LogP contribution in [0.15, 0.2) is 47.0 Å². The van der Waals surface area contributed by atoms with Crippen LogP contribution in [-0.4, -0.2) is 16.6 Å². The van der Waals surface area contributed by atoms with Crippen molar-refractivity contribution >= 4 is 40.3 Å². The quantitative estimate of drug-likeness (QED) is 0.611. The van der Waals surface area contributed by atoms with E-state index in [0.717, 1.165) is 4.88 Å². The molecule has 138 valence electrons. The number of carbonyl (C=O) groups is 2. The number of nitrogens with one attached hydrogen (secondary N) is 1. The predicted octanol–water partition coefficient (Wildman–Crippen LogP) is 4.31. The van der Waals surface area contributed by atoms with Crippen molar-refractivity contribution in [1.82, 2.24) is 5.32 Å². The molecule has 0 unspecified atom stereocenters. The number of allylic oxidation sites excluding steroid dienone is 2. The van der Waals surface area contributed by atoms with E-state index in [1.807, 2.05) is 17.5 Å². The molecular formula is C19H15ClN2O4S. The molecule has 2 heterocycles. The first-order valence-corrected chi connectivity index (χ1v) is 9.73. The van der Waals surface area contributed by atoms with Crippen LogP contribution in [0.5, 0.6) is 0 Å². The summed E-state index contributed by atoms with van der Waals surface area (Å²) in [5.41, 5.74) is 1.50. The Kier molecular flexibility index (Phi) is 4.57. The van der Waals surface area contributed by atoms with Gasteiger partial charge in [-0.2, -0.15) is 0 Å². The van der Waals surface area contributed by atoms with E-state index in [4.69, 9.17) is 11.6 Å². The lowest BCUT2D eigenvalue weighted by molar-refractivity contribution is -0.384. The topological polar surface area (TPSA) is 89.3 Å². The van der Waals surface area contributed by atoms with Crippen molar-refractivity contribution in [3.8, 4) is 0 Å². The standard InChI is InChI=1S/C19H15ClN2O4S/c20-14-4-3-11(22(25)26)8-12(14)13-9-18(24)21-15-6-10(7-16(23)19(13)15)17-2-1-5-27-17/h1-5,8,10,13H,6-7,9H2,(H,21,24)/t10-,13+/m1/s1. The molecule has 0 fully saturated rings. The van der Waals surface area contributed by atoms with Gasteiger partial charge in [0.1, 0.15) is 0 Å². The Bertz CT molecular complexity index is 984. The Balaban J connectivity index is 1.78. The Hall–Kier alpha value is -2.51. The second-order valence-electron chi connectivity index (χ2n) is 6.70. The predicted molar refractivity (Wildman–Crippen MR) is 102 cm³/mol. The molecule has 2 aromatic rings. The number of benzene rings is 1. The molecule has 0 saturated heterocycles. The second kappa shape index (κ2) is 6.90. The van der Waals surface area contributed by atoms with Crippen molar-refractivity contribution in [3.05, 3.63) is 72.6 Å². The summed E-state index contributed by atoms with van der Waals surface area (Å²) < 4.78 is 0. The van der Waals surface area contributed by atoms with Gasteiger partial charge in [-0.3, -0.25) is 19.7 Å². The lowest BCUT2D eigenvalue weighted by atomic mass is 9.74. The first-order valence-electron chi connectivity index (χ1n) is 8.47. The third kappa shape index (κ3) is 3.28. The number of nitro benzene ring substituents is 1. The number of carbonyl (C=O) groups excluding carboxylic acids is 2. The number of nitrogens with zero attached hydrogens (tertiary/aromatic N) is 1. The van der Waals surface area contributed by atoms with Gasteiger partial charge in [-0.05, 0) is 29.5 Å². The maximum absolute atomic E-state index is 13.0. The highest BCUT2D eigenvalue weighted by molar-refractivity contribution is 7.10. The van der Waals surface area contributed by atoms with Crippen molar-refractivity contribution in [2.24, 2.45) is 0 Å². The largest absolute Gasteiger partial charge is 0.329 e. The molecule has 6 nitrogen and oxygen atoms in total. The normalized spacial score (nSPS) is 22.4. The van der Waals surface area contributed by atoms with Gasteiger partial charge in [-0.15, -0.1) is 11.3 Å². The molecular weight excluding hydrogens is 388 g/mol. The first-order chi connectivity index (χ1) is 12.9. The average Bonchev–Trinajstić information content (AvgIpc) is 3.15. The van der Waals surface area contributed by atoms with Crippen LogP contribution in [-0.2, 0) is 9.59 Å². The Morgan fingerprint density at radius 2 is 2.00 bits per heavy atom. The maximum atomic E-state index is 13.0. The summed E-state index contributed by atoms with van der Waals surface area (Å²) in [7, 11) is 0. The number of ketones is 1. The first kappa shape index (κ1) is 17.9. The molecule has 1 aliphatic heterocycles. The number of Topliss-reactive ketones (excluding diaryl/α,β-unsaturated/α-hetero) is 1. The number of nitro groups is 1. The van der Waals surface area contributed by atoms with Crippen LogP contribution in [0.1, 0.15) is 41.5 Å². The van der Waals surface area contributed by atoms with Crippen LogP contribution in [0, 0.1) is 10.1 Å². The van der Waals surface area contributed by atoms with E-state index in [-0.39, 0.29) is 29.7 Å². The highest BCUT2D eigenvalue weighted by Gasteiger charge is 2.39. The van der Waals surface area contributed by atoms with Gasteiger partial charge in [0, 0.05) is 58.0 Å². The molecule has 0 saturated carbocycles. The fourth-order valence-electron chi connectivity index (χ4n) is 3.86. The van der Waals surface area contributed by atoms with E-state index in [9.17, 15) is 19.7 Å². The van der Waals surface area contributed by atoms with Gasteiger partial charge in [0.15, 0.2) is 5.78 Å². The number of hydrogen-bond acceptors (Lipinski definition) is 5. The summed E-state index contributed by atoms with van der Waals surface area (Å²) in [5, 5.41) is 16.3. The molecule has 4 rings (SSSR count). The van der Waals surface area contributed by atoms with E-state index in [1.165, 1.54) is 18.2 Å². The van der Waals surface area contributed by atoms with Crippen LogP contribution >= 0.6 is 22.9 Å². The highest BCUT2D eigenvalue weighted by atomic mass is 35.5. The van der Waals surface area contributed by atoms with Crippen LogP contribution in [0.2, 0.25) is 5.02 Å². The molecule has 2 aliphatic rings. The number of thiophene rings is 1. The summed E-state index contributed by atoms with van der Waals surface area (Å²) in [6, 6.07) is 8.07. The van der Waals surface area contributed by atoms with Crippen molar-refractivity contribution in [2.75, 3.05) is 0 Å². The maximum Gasteiger partial charge on any atom is 0.269 e. The minimum atomic E-state index is -0.557. The fraction of sp³-hybridized carbons (Fsp3) is 0.263. The second-order valence-corrected chi connectivity index (χ2v) is 8.09. The summed E-state index contributed by atoms with van der Waals surface area (Å²) in [4.78, 5) is 37.0. The smallest absolute Gasteiger partial charge is 0.269 e. The van der Waals surface area contributed by atoms with Gasteiger partial charge in [0.25, 0.3) is 5.69 Å². The van der Waals surface area contributed by atoms with E-state index in [2.05, 4.69) is 5.32 Å². The fourth-order valence-corrected chi connectivity index (χ4v) is 4.94. The summed E-state index contributed by atoms with van der Waals surface area (Å²) in [6.45, 7) is 0. The van der Waals surface area contributed by atoms with Crippen molar-refractivity contribution in [1.29, 1.82) is 0 Å². The minimum Gasteiger partial charge on any atom is -0.329 e. The van der Waals surface area contributed by atoms with Crippen LogP contribution in [0.4, 0.5) is 5.69 Å². The third-order valence-corrected chi connectivity index (χ3v) is 6.43. The molecule has 0 spiro atoms. The van der Waals surface area contributed by atoms with Gasteiger partial charge in [0.2, 0.25) is 5.91 Å². The van der Waals surface area contributed by atoms with Crippen LogP contribution < -0.4 is 5.32 Å². The molecule has 1 amide bonds. The Morgan fingerprint density at radius 3 is 2.70 bits per heavy atom. The molecule has 1 aromatic carbocycles. The van der Waals surface area contributed by atoms with E-state index in [0.29, 0.717) is 34.7 Å². The van der Waals surface area contributed by atoms with Gasteiger partial charge >= 0.3 is 0 Å². The Morgan fingerprint density at radius 1 is 1.19 bits per heavy atom. The Labute approximate surface area is 164 Å². The van der Waals surface area contributed by atoms with Gasteiger partial charge in [-0.1, -0.05) is 17.7 Å². The third-order valence-electron chi connectivity index (χ3n) is 5.05. The van der Waals surface area contributed by atoms with Crippen molar-refractivity contribution in [3.63, 3.8) is 0 Å². The summed E-state index contributed by atoms with van der Waals surface area (Å²) in [5.74, 6) is -0.767. The number of hydrogen-bond donors (Lipinski definition) is 1. The number of non-ortho nitro benzene ring substituents is 1. The molecule has 0 radical (unpaired) electrons. The molecule has 1 aromatic heterocycles. The molecule has 1 N–H and O–H groups in total. The number of rotatable bonds is 3. The summed E-state index contributed by atoms with van der Waals surface area (Å²) >= 11 is 7.88. The van der Waals surface area contributed by atoms with Gasteiger partial charge in [0.05, 0.1) is 4.92 Å². The zero-order chi connectivity index (χ0) is 19.1. The average molecular weight is 403 g/mol. The van der Waals surface area contributed by atoms with Crippen molar-refractivity contribution in [2.45, 2.75) is 31.1 Å². The van der Waals surface area contributed by atoms with Crippen LogP contribution in [0.3, 0.4) is 0 Å². The minimum absolute atomic E-state index is 0.0379. The SMILES string of the molecule is O=C1C[C@@H](c2cc([N+](=O)[O-])ccc2Cl)C2=C(C[C@@H](c3cccs3)CC2=O)N1. The number of halogens is 1. The van der Waals surface area contributed by atoms with Crippen LogP contribution in [0.25, 0.3) is 0 Å². The molecule has 27 heavy (non-hydrogen) atoms. The molecule has 8 heteroatoms. The van der Waals surface area contributed by atoms with Crippen molar-refractivity contribution < 1.29 is 14.5 Å². The zero-order valence-electron chi connectivity index (χ0n) is 14.1. The lowest BCUT2D eigenvalue weighted by Gasteiger charge is -2.34. The zero-order valence-corrected chi connectivity index (χ0v) is 15.7. The highest BCUT2D eigenvalue weighted by Crippen LogP contribution is 2.45. The van der Waals surface area contributed by atoms with E-state index >= 15 is 0 Å².